The highest BCUT2D eigenvalue weighted by Crippen LogP contribution is 2.76. The summed E-state index contributed by atoms with van der Waals surface area (Å²) < 4.78 is 6.67. The fraction of sp³-hybridized carbons (Fsp3) is 0.933. The molecule has 8 atom stereocenters. The van der Waals surface area contributed by atoms with E-state index in [1.165, 1.54) is 56.1 Å². The molecule has 0 amide bonds. The van der Waals surface area contributed by atoms with Crippen LogP contribution in [0.15, 0.2) is 11.1 Å². The summed E-state index contributed by atoms with van der Waals surface area (Å²) >= 11 is 0. The number of hydrogen-bond donors (Lipinski definition) is 2. The quantitative estimate of drug-likeness (QED) is 0.483. The molecule has 3 heteroatoms. The zero-order valence-corrected chi connectivity index (χ0v) is 22.5. The Labute approximate surface area is 202 Å². The summed E-state index contributed by atoms with van der Waals surface area (Å²) in [6.07, 6.45) is 10.4. The van der Waals surface area contributed by atoms with Crippen LogP contribution in [0.3, 0.4) is 0 Å². The van der Waals surface area contributed by atoms with E-state index in [9.17, 15) is 10.2 Å². The molecule has 1 aliphatic heterocycles. The van der Waals surface area contributed by atoms with Crippen molar-refractivity contribution < 1.29 is 14.9 Å². The maximum Gasteiger partial charge on any atom is 0.0663 e. The molecule has 0 aromatic rings. The van der Waals surface area contributed by atoms with Crippen molar-refractivity contribution in [3.63, 3.8) is 0 Å². The first-order valence-electron chi connectivity index (χ1n) is 14.0. The van der Waals surface area contributed by atoms with Crippen molar-refractivity contribution in [3.05, 3.63) is 11.1 Å². The standard InChI is InChI=1S/C30H50O3/c1-19(2)20(16-31)21-10-11-29(7)23(27(21,5)17-32)9-8-22-24-25-26(3,4)12-14-30(24,18-33-25)15-13-28(22,29)6/h19,22-25,31-32H,8-18H2,1-7H3/b21-20+/t22-,23-,24-,25-,27+,28-,29-,30-/m1/s1. The molecule has 5 aliphatic rings. The average molecular weight is 459 g/mol. The van der Waals surface area contributed by atoms with Crippen LogP contribution < -0.4 is 0 Å². The van der Waals surface area contributed by atoms with E-state index < -0.39 is 0 Å². The summed E-state index contributed by atoms with van der Waals surface area (Å²) in [5, 5.41) is 21.2. The third-order valence-electron chi connectivity index (χ3n) is 12.8. The molecule has 0 aromatic heterocycles. The summed E-state index contributed by atoms with van der Waals surface area (Å²) in [7, 11) is 0. The van der Waals surface area contributed by atoms with Gasteiger partial charge in [0.2, 0.25) is 0 Å². The molecule has 2 N–H and O–H groups in total. The van der Waals surface area contributed by atoms with Gasteiger partial charge in [0, 0.05) is 5.41 Å². The summed E-state index contributed by atoms with van der Waals surface area (Å²) in [6, 6.07) is 0. The van der Waals surface area contributed by atoms with Crippen molar-refractivity contribution in [3.8, 4) is 0 Å². The van der Waals surface area contributed by atoms with Crippen LogP contribution in [0.25, 0.3) is 0 Å². The van der Waals surface area contributed by atoms with E-state index in [1.54, 1.807) is 0 Å². The monoisotopic (exact) mass is 458 g/mol. The Balaban J connectivity index is 1.57. The second-order valence-corrected chi connectivity index (χ2v) is 14.6. The number of rotatable bonds is 3. The lowest BCUT2D eigenvalue weighted by molar-refractivity contribution is -0.210. The van der Waals surface area contributed by atoms with Crippen LogP contribution in [0.4, 0.5) is 0 Å². The van der Waals surface area contributed by atoms with Gasteiger partial charge in [-0.2, -0.15) is 0 Å². The molecule has 3 nitrogen and oxygen atoms in total. The fourth-order valence-corrected chi connectivity index (χ4v) is 10.5. The van der Waals surface area contributed by atoms with Crippen molar-refractivity contribution in [1.29, 1.82) is 0 Å². The van der Waals surface area contributed by atoms with Gasteiger partial charge in [-0.1, -0.05) is 54.0 Å². The predicted molar refractivity (Wildman–Crippen MR) is 134 cm³/mol. The third-order valence-corrected chi connectivity index (χ3v) is 12.8. The normalized spacial score (nSPS) is 52.2. The van der Waals surface area contributed by atoms with Gasteiger partial charge < -0.3 is 14.9 Å². The minimum absolute atomic E-state index is 0.130. The van der Waals surface area contributed by atoms with Crippen LogP contribution in [0, 0.1) is 50.7 Å². The zero-order chi connectivity index (χ0) is 24.0. The van der Waals surface area contributed by atoms with E-state index in [0.717, 1.165) is 18.9 Å². The summed E-state index contributed by atoms with van der Waals surface area (Å²) in [4.78, 5) is 0. The molecule has 2 bridgehead atoms. The van der Waals surface area contributed by atoms with Crippen LogP contribution in [0.5, 0.6) is 0 Å². The lowest BCUT2D eigenvalue weighted by Crippen LogP contribution is -2.65. The molecule has 4 saturated carbocycles. The van der Waals surface area contributed by atoms with Gasteiger partial charge in [-0.05, 0) is 102 Å². The van der Waals surface area contributed by atoms with Crippen LogP contribution in [-0.4, -0.2) is 36.1 Å². The van der Waals surface area contributed by atoms with Gasteiger partial charge in [-0.3, -0.25) is 0 Å². The Bertz CT molecular complexity index is 828. The van der Waals surface area contributed by atoms with E-state index in [2.05, 4.69) is 48.5 Å². The maximum absolute atomic E-state index is 10.9. The van der Waals surface area contributed by atoms with Crippen molar-refractivity contribution >= 4 is 0 Å². The van der Waals surface area contributed by atoms with Crippen LogP contribution in [0.1, 0.15) is 99.8 Å². The maximum atomic E-state index is 10.9. The van der Waals surface area contributed by atoms with E-state index >= 15 is 0 Å². The van der Waals surface area contributed by atoms with Crippen LogP contribution in [0.2, 0.25) is 0 Å². The SMILES string of the molecule is CC(C)/C(CO)=C1\CC[C@]2(C)[C@H](CC[C@@H]3[C@@H]4[C@H]5OC[C@@]4(CCC5(C)C)CC[C@]32C)[C@@]1(C)CO. The molecule has 0 radical (unpaired) electrons. The number of hydrogen-bond acceptors (Lipinski definition) is 3. The molecule has 33 heavy (non-hydrogen) atoms. The van der Waals surface area contributed by atoms with Crippen molar-refractivity contribution in [2.45, 2.75) is 106 Å². The number of ether oxygens (including phenoxy) is 1. The van der Waals surface area contributed by atoms with Crippen LogP contribution in [-0.2, 0) is 4.74 Å². The van der Waals surface area contributed by atoms with Crippen molar-refractivity contribution in [1.82, 2.24) is 0 Å². The minimum Gasteiger partial charge on any atom is -0.395 e. The second kappa shape index (κ2) is 7.56. The van der Waals surface area contributed by atoms with E-state index in [-0.39, 0.29) is 29.5 Å². The lowest BCUT2D eigenvalue weighted by atomic mass is 9.34. The Morgan fingerprint density at radius 3 is 2.27 bits per heavy atom. The van der Waals surface area contributed by atoms with Gasteiger partial charge in [0.1, 0.15) is 0 Å². The van der Waals surface area contributed by atoms with Crippen LogP contribution >= 0.6 is 0 Å². The Morgan fingerprint density at radius 1 is 0.939 bits per heavy atom. The number of aliphatic hydroxyl groups excluding tert-OH is 2. The minimum atomic E-state index is -0.222. The summed E-state index contributed by atoms with van der Waals surface area (Å²) in [5.74, 6) is 2.25. The second-order valence-electron chi connectivity index (χ2n) is 14.6. The highest BCUT2D eigenvalue weighted by atomic mass is 16.5. The molecule has 0 spiro atoms. The summed E-state index contributed by atoms with van der Waals surface area (Å²) in [6.45, 7) is 18.2. The first-order valence-corrected chi connectivity index (χ1v) is 14.0. The first kappa shape index (κ1) is 24.3. The summed E-state index contributed by atoms with van der Waals surface area (Å²) in [5.41, 5.74) is 3.57. The molecule has 1 heterocycles. The van der Waals surface area contributed by atoms with Gasteiger partial charge in [-0.25, -0.2) is 0 Å². The fourth-order valence-electron chi connectivity index (χ4n) is 10.5. The van der Waals surface area contributed by atoms with Gasteiger partial charge in [0.15, 0.2) is 0 Å². The highest BCUT2D eigenvalue weighted by molar-refractivity contribution is 5.31. The Kier molecular flexibility index (Phi) is 5.57. The van der Waals surface area contributed by atoms with Gasteiger partial charge in [-0.15, -0.1) is 0 Å². The van der Waals surface area contributed by atoms with Crippen molar-refractivity contribution in [2.75, 3.05) is 19.8 Å². The van der Waals surface area contributed by atoms with E-state index in [4.69, 9.17) is 4.74 Å². The smallest absolute Gasteiger partial charge is 0.0663 e. The molecule has 4 aliphatic carbocycles. The largest absolute Gasteiger partial charge is 0.395 e. The topological polar surface area (TPSA) is 49.7 Å². The Hall–Kier alpha value is -0.380. The average Bonchev–Trinajstić information content (AvgIpc) is 3.10. The predicted octanol–water partition coefficient (Wildman–Crippen LogP) is 6.38. The van der Waals surface area contributed by atoms with E-state index in [0.29, 0.717) is 34.7 Å². The zero-order valence-electron chi connectivity index (χ0n) is 22.5. The molecule has 188 valence electrons. The molecule has 0 aromatic carbocycles. The molecule has 1 saturated heterocycles. The third kappa shape index (κ3) is 2.97. The Morgan fingerprint density at radius 2 is 1.64 bits per heavy atom. The molecular formula is C30H50O3. The van der Waals surface area contributed by atoms with E-state index in [1.807, 2.05) is 0 Å². The number of aliphatic hydroxyl groups is 2. The molecule has 0 unspecified atom stereocenters. The number of fused-ring (bicyclic) bond motifs is 3. The van der Waals surface area contributed by atoms with Gasteiger partial charge >= 0.3 is 0 Å². The highest BCUT2D eigenvalue weighted by Gasteiger charge is 2.71. The van der Waals surface area contributed by atoms with Gasteiger partial charge in [0.25, 0.3) is 0 Å². The van der Waals surface area contributed by atoms with Gasteiger partial charge in [0.05, 0.1) is 25.9 Å². The molecule has 5 rings (SSSR count). The lowest BCUT2D eigenvalue weighted by Gasteiger charge is -2.70. The molecular weight excluding hydrogens is 408 g/mol. The molecule has 5 fully saturated rings. The first-order chi connectivity index (χ1) is 15.4. The van der Waals surface area contributed by atoms with Crippen molar-refractivity contribution in [2.24, 2.45) is 50.7 Å².